The lowest BCUT2D eigenvalue weighted by atomic mass is 9.91. The first-order chi connectivity index (χ1) is 9.66. The Morgan fingerprint density at radius 2 is 2.25 bits per heavy atom. The van der Waals surface area contributed by atoms with E-state index >= 15 is 0 Å². The summed E-state index contributed by atoms with van der Waals surface area (Å²) in [5.74, 6) is 0.631. The number of H-pyrrole nitrogens is 1. The van der Waals surface area contributed by atoms with Crippen molar-refractivity contribution in [2.75, 3.05) is 13.1 Å². The maximum Gasteiger partial charge on any atom is 0.224 e. The first kappa shape index (κ1) is 13.6. The number of rotatable bonds is 3. The van der Waals surface area contributed by atoms with Crippen LogP contribution in [0.5, 0.6) is 0 Å². The topological polar surface area (TPSA) is 75.0 Å². The van der Waals surface area contributed by atoms with Crippen LogP contribution in [0, 0.1) is 0 Å². The molecule has 2 heterocycles. The van der Waals surface area contributed by atoms with Gasteiger partial charge in [-0.15, -0.1) is 0 Å². The van der Waals surface area contributed by atoms with Gasteiger partial charge in [0.15, 0.2) is 0 Å². The molecule has 0 bridgehead atoms. The molecule has 1 unspecified atom stereocenters. The van der Waals surface area contributed by atoms with Gasteiger partial charge in [0.05, 0.1) is 0 Å². The Labute approximate surface area is 119 Å². The van der Waals surface area contributed by atoms with Crippen LogP contribution in [0.1, 0.15) is 56.6 Å². The van der Waals surface area contributed by atoms with E-state index in [1.54, 1.807) is 6.20 Å². The summed E-state index contributed by atoms with van der Waals surface area (Å²) < 4.78 is 0. The largest absolute Gasteiger partial charge is 0.342 e. The zero-order valence-corrected chi connectivity index (χ0v) is 12.0. The molecule has 1 saturated heterocycles. The smallest absolute Gasteiger partial charge is 0.224 e. The first-order valence-electron chi connectivity index (χ1n) is 7.72. The highest BCUT2D eigenvalue weighted by Gasteiger charge is 2.34. The molecule has 1 saturated carbocycles. The third-order valence-electron chi connectivity index (χ3n) is 4.84. The molecule has 3 rings (SSSR count). The Balaban J connectivity index is 1.60. The first-order valence-corrected chi connectivity index (χ1v) is 7.72. The van der Waals surface area contributed by atoms with E-state index < -0.39 is 0 Å². The molecule has 110 valence electrons. The van der Waals surface area contributed by atoms with E-state index in [4.69, 9.17) is 5.73 Å². The Kier molecular flexibility index (Phi) is 3.78. The van der Waals surface area contributed by atoms with Crippen molar-refractivity contribution in [3.8, 4) is 0 Å². The summed E-state index contributed by atoms with van der Waals surface area (Å²) >= 11 is 0. The average Bonchev–Trinajstić information content (AvgIpc) is 3.10. The van der Waals surface area contributed by atoms with Gasteiger partial charge in [-0.2, -0.15) is 5.10 Å². The van der Waals surface area contributed by atoms with Crippen molar-refractivity contribution < 1.29 is 4.79 Å². The second kappa shape index (κ2) is 5.56. The number of carbonyl (C=O) groups is 1. The molecule has 5 nitrogen and oxygen atoms in total. The predicted molar refractivity (Wildman–Crippen MR) is 77.1 cm³/mol. The Hall–Kier alpha value is -1.36. The van der Waals surface area contributed by atoms with Crippen LogP contribution in [0.2, 0.25) is 0 Å². The van der Waals surface area contributed by atoms with Gasteiger partial charge in [-0.3, -0.25) is 9.89 Å². The normalized spacial score (nSPS) is 25.9. The van der Waals surface area contributed by atoms with Crippen molar-refractivity contribution in [3.05, 3.63) is 18.0 Å². The van der Waals surface area contributed by atoms with Gasteiger partial charge < -0.3 is 10.6 Å². The molecule has 2 fully saturated rings. The van der Waals surface area contributed by atoms with Gasteiger partial charge in [-0.05, 0) is 31.7 Å². The van der Waals surface area contributed by atoms with Crippen LogP contribution in [0.15, 0.2) is 12.3 Å². The fraction of sp³-hybridized carbons (Fsp3) is 0.733. The Bertz CT molecular complexity index is 450. The molecule has 0 spiro atoms. The lowest BCUT2D eigenvalue weighted by Gasteiger charge is -2.34. The maximum atomic E-state index is 12.5. The number of nitrogens with one attached hydrogen (secondary N) is 1. The van der Waals surface area contributed by atoms with Gasteiger partial charge in [0.1, 0.15) is 0 Å². The zero-order chi connectivity index (χ0) is 14.0. The van der Waals surface area contributed by atoms with Crippen molar-refractivity contribution in [2.45, 2.75) is 56.4 Å². The number of carbonyl (C=O) groups excluding carboxylic acids is 1. The predicted octanol–water partition coefficient (Wildman–Crippen LogP) is 1.78. The van der Waals surface area contributed by atoms with E-state index in [0.29, 0.717) is 12.3 Å². The maximum absolute atomic E-state index is 12.5. The lowest BCUT2D eigenvalue weighted by Crippen LogP contribution is -2.46. The number of amides is 1. The summed E-state index contributed by atoms with van der Waals surface area (Å²) in [6, 6.07) is 2.01. The van der Waals surface area contributed by atoms with Crippen LogP contribution in [0.25, 0.3) is 0 Å². The minimum absolute atomic E-state index is 0.235. The molecule has 1 aromatic rings. The molecule has 0 aromatic carbocycles. The number of piperidine rings is 1. The molecule has 3 N–H and O–H groups in total. The second-order valence-corrected chi connectivity index (χ2v) is 6.44. The minimum Gasteiger partial charge on any atom is -0.342 e. The Morgan fingerprint density at radius 3 is 2.95 bits per heavy atom. The summed E-state index contributed by atoms with van der Waals surface area (Å²) in [6.07, 6.45) is 8.81. The van der Waals surface area contributed by atoms with E-state index in [9.17, 15) is 4.79 Å². The van der Waals surface area contributed by atoms with Crippen LogP contribution in [0.3, 0.4) is 0 Å². The fourth-order valence-corrected chi connectivity index (χ4v) is 3.62. The zero-order valence-electron chi connectivity index (χ0n) is 12.0. The van der Waals surface area contributed by atoms with E-state index in [1.807, 2.05) is 11.0 Å². The summed E-state index contributed by atoms with van der Waals surface area (Å²) in [5, 5.41) is 7.05. The van der Waals surface area contributed by atoms with E-state index in [0.717, 1.165) is 44.5 Å². The summed E-state index contributed by atoms with van der Waals surface area (Å²) in [6.45, 7) is 1.68. The van der Waals surface area contributed by atoms with E-state index in [-0.39, 0.29) is 11.4 Å². The molecular formula is C15H24N4O. The Morgan fingerprint density at radius 1 is 1.45 bits per heavy atom. The van der Waals surface area contributed by atoms with Crippen LogP contribution < -0.4 is 5.73 Å². The molecule has 1 aromatic heterocycles. The highest BCUT2D eigenvalue weighted by Crippen LogP contribution is 2.32. The molecule has 1 aliphatic carbocycles. The third-order valence-corrected chi connectivity index (χ3v) is 4.84. The fourth-order valence-electron chi connectivity index (χ4n) is 3.62. The average molecular weight is 276 g/mol. The van der Waals surface area contributed by atoms with Gasteiger partial charge >= 0.3 is 0 Å². The number of aromatic amines is 1. The summed E-state index contributed by atoms with van der Waals surface area (Å²) in [4.78, 5) is 14.5. The van der Waals surface area contributed by atoms with Crippen molar-refractivity contribution in [1.82, 2.24) is 15.1 Å². The lowest BCUT2D eigenvalue weighted by molar-refractivity contribution is -0.133. The van der Waals surface area contributed by atoms with Gasteiger partial charge in [0.2, 0.25) is 5.91 Å². The van der Waals surface area contributed by atoms with Crippen molar-refractivity contribution in [3.63, 3.8) is 0 Å². The number of hydrogen-bond donors (Lipinski definition) is 2. The summed E-state index contributed by atoms with van der Waals surface area (Å²) in [5.41, 5.74) is 7.24. The molecule has 5 heteroatoms. The van der Waals surface area contributed by atoms with Crippen LogP contribution in [0.4, 0.5) is 0 Å². The number of nitrogens with zero attached hydrogens (tertiary/aromatic N) is 2. The highest BCUT2D eigenvalue weighted by molar-refractivity contribution is 5.77. The minimum atomic E-state index is -0.238. The third kappa shape index (κ3) is 2.87. The van der Waals surface area contributed by atoms with Gasteiger partial charge in [0, 0.05) is 42.9 Å². The van der Waals surface area contributed by atoms with Crippen molar-refractivity contribution in [1.29, 1.82) is 0 Å². The number of likely N-dealkylation sites (tertiary alicyclic amines) is 1. The molecular weight excluding hydrogens is 252 g/mol. The van der Waals surface area contributed by atoms with Crippen molar-refractivity contribution in [2.24, 2.45) is 5.73 Å². The van der Waals surface area contributed by atoms with Crippen LogP contribution in [-0.2, 0) is 4.79 Å². The molecule has 1 aliphatic heterocycles. The van der Waals surface area contributed by atoms with Crippen molar-refractivity contribution >= 4 is 5.91 Å². The number of nitrogens with two attached hydrogens (primary N) is 1. The van der Waals surface area contributed by atoms with E-state index in [2.05, 4.69) is 10.2 Å². The molecule has 20 heavy (non-hydrogen) atoms. The molecule has 1 amide bonds. The monoisotopic (exact) mass is 276 g/mol. The number of hydrogen-bond acceptors (Lipinski definition) is 3. The van der Waals surface area contributed by atoms with Gasteiger partial charge in [-0.1, -0.05) is 12.8 Å². The number of aromatic nitrogens is 2. The van der Waals surface area contributed by atoms with Crippen LogP contribution in [-0.4, -0.2) is 39.6 Å². The quantitative estimate of drug-likeness (QED) is 0.883. The molecule has 1 atom stereocenters. The standard InChI is InChI=1S/C15H24N4O/c16-15(6-1-2-7-15)10-14(20)19-9-3-4-12(11-19)13-5-8-17-18-13/h5,8,12H,1-4,6-7,9-11,16H2,(H,17,18). The highest BCUT2D eigenvalue weighted by atomic mass is 16.2. The van der Waals surface area contributed by atoms with E-state index in [1.165, 1.54) is 12.8 Å². The van der Waals surface area contributed by atoms with Crippen LogP contribution >= 0.6 is 0 Å². The second-order valence-electron chi connectivity index (χ2n) is 6.44. The SMILES string of the molecule is NC1(CC(=O)N2CCCC(c3ccn[nH]3)C2)CCCC1. The molecule has 0 radical (unpaired) electrons. The molecule has 2 aliphatic rings. The summed E-state index contributed by atoms with van der Waals surface area (Å²) in [7, 11) is 0. The van der Waals surface area contributed by atoms with Gasteiger partial charge in [0.25, 0.3) is 0 Å². The van der Waals surface area contributed by atoms with Gasteiger partial charge in [-0.25, -0.2) is 0 Å².